The summed E-state index contributed by atoms with van der Waals surface area (Å²) in [6.45, 7) is 8.06. The second kappa shape index (κ2) is 11.0. The molecular weight excluding hydrogens is 542 g/mol. The number of para-hydroxylation sites is 1. The fourth-order valence-electron chi connectivity index (χ4n) is 6.87. The normalized spacial score (nSPS) is 11.9. The Bertz CT molecular complexity index is 2580. The highest BCUT2D eigenvalue weighted by molar-refractivity contribution is 6.20. The minimum atomic E-state index is 1.04. The summed E-state index contributed by atoms with van der Waals surface area (Å²) in [5.74, 6) is 0. The highest BCUT2D eigenvalue weighted by Crippen LogP contribution is 2.36. The summed E-state index contributed by atoms with van der Waals surface area (Å²) >= 11 is 0. The van der Waals surface area contributed by atoms with E-state index in [2.05, 4.69) is 163 Å². The molecule has 1 nitrogen and oxygen atoms in total. The molecular formula is C44H31N. The molecule has 0 aliphatic rings. The lowest BCUT2D eigenvalue weighted by Gasteiger charge is -2.16. The number of benzene rings is 7. The van der Waals surface area contributed by atoms with E-state index in [-0.39, 0.29) is 0 Å². The average molecular weight is 574 g/mol. The molecule has 0 N–H and O–H groups in total. The minimum Gasteiger partial charge on any atom is -0.309 e. The van der Waals surface area contributed by atoms with Gasteiger partial charge in [0.25, 0.3) is 0 Å². The molecule has 0 aliphatic carbocycles. The average Bonchev–Trinajstić information content (AvgIpc) is 3.14. The maximum Gasteiger partial charge on any atom is 0.0540 e. The predicted octanol–water partition coefficient (Wildman–Crippen LogP) is 12.3. The first-order chi connectivity index (χ1) is 22.2. The Hall–Kier alpha value is -5.92. The second-order valence-corrected chi connectivity index (χ2v) is 11.4. The van der Waals surface area contributed by atoms with E-state index in [1.807, 2.05) is 18.2 Å². The number of fused-ring (bicyclic) bond motifs is 10. The highest BCUT2D eigenvalue weighted by atomic mass is 15.0. The Morgan fingerprint density at radius 2 is 0.978 bits per heavy atom. The smallest absolute Gasteiger partial charge is 0.0540 e. The van der Waals surface area contributed by atoms with Gasteiger partial charge < -0.3 is 4.57 Å². The molecule has 1 aromatic heterocycles. The summed E-state index contributed by atoms with van der Waals surface area (Å²) in [6.07, 6.45) is 5.75. The topological polar surface area (TPSA) is 4.93 Å². The number of hydrogen-bond donors (Lipinski definition) is 0. The zero-order valence-corrected chi connectivity index (χ0v) is 24.9. The van der Waals surface area contributed by atoms with Crippen LogP contribution in [0.4, 0.5) is 0 Å². The van der Waals surface area contributed by atoms with Gasteiger partial charge in [0.05, 0.1) is 11.0 Å². The summed E-state index contributed by atoms with van der Waals surface area (Å²) in [5.41, 5.74) is 5.51. The summed E-state index contributed by atoms with van der Waals surface area (Å²) in [6, 6.07) is 53.1. The van der Waals surface area contributed by atoms with Gasteiger partial charge in [0, 0.05) is 16.5 Å². The van der Waals surface area contributed by atoms with Gasteiger partial charge in [0.2, 0.25) is 0 Å². The van der Waals surface area contributed by atoms with Gasteiger partial charge in [-0.15, -0.1) is 0 Å². The fourth-order valence-corrected chi connectivity index (χ4v) is 6.87. The van der Waals surface area contributed by atoms with Crippen molar-refractivity contribution in [2.45, 2.75) is 0 Å². The van der Waals surface area contributed by atoms with E-state index in [4.69, 9.17) is 0 Å². The Morgan fingerprint density at radius 1 is 0.444 bits per heavy atom. The van der Waals surface area contributed by atoms with Crippen LogP contribution >= 0.6 is 0 Å². The molecule has 0 unspecified atom stereocenters. The zero-order chi connectivity index (χ0) is 30.3. The monoisotopic (exact) mass is 573 g/mol. The molecule has 45 heavy (non-hydrogen) atoms. The summed E-state index contributed by atoms with van der Waals surface area (Å²) in [4.78, 5) is 0. The van der Waals surface area contributed by atoms with Crippen molar-refractivity contribution in [1.29, 1.82) is 0 Å². The van der Waals surface area contributed by atoms with Crippen LogP contribution in [0.25, 0.3) is 76.2 Å². The predicted molar refractivity (Wildman–Crippen MR) is 197 cm³/mol. The van der Waals surface area contributed by atoms with Crippen molar-refractivity contribution in [3.8, 4) is 5.69 Å². The lowest BCUT2D eigenvalue weighted by Crippen LogP contribution is -1.98. The minimum absolute atomic E-state index is 1.04. The quantitative estimate of drug-likeness (QED) is 0.146. The van der Waals surface area contributed by atoms with Crippen molar-refractivity contribution >= 4 is 70.5 Å². The molecule has 0 amide bonds. The van der Waals surface area contributed by atoms with Crippen LogP contribution in [0.15, 0.2) is 177 Å². The van der Waals surface area contributed by atoms with E-state index in [0.717, 1.165) is 33.2 Å². The number of allylic oxidation sites excluding steroid dienone is 4. The van der Waals surface area contributed by atoms with Gasteiger partial charge in [0.1, 0.15) is 0 Å². The van der Waals surface area contributed by atoms with E-state index < -0.39 is 0 Å². The van der Waals surface area contributed by atoms with Gasteiger partial charge in [-0.25, -0.2) is 0 Å². The fraction of sp³-hybridized carbons (Fsp3) is 0. The van der Waals surface area contributed by atoms with Gasteiger partial charge in [0.15, 0.2) is 0 Å². The van der Waals surface area contributed by atoms with Crippen LogP contribution in [0.5, 0.6) is 0 Å². The molecule has 1 heterocycles. The maximum absolute atomic E-state index is 4.11. The Balaban J connectivity index is 1.67. The first kappa shape index (κ1) is 26.7. The SMILES string of the molecule is C=C/C=C(\C=C)c1ccc2c(c1)c1ccccc1c1ccccc1c1ccccc1n2-c1ccc2ccc3ccccc3c2c1. The Morgan fingerprint density at radius 3 is 1.67 bits per heavy atom. The van der Waals surface area contributed by atoms with Crippen LogP contribution < -0.4 is 0 Å². The molecule has 0 aliphatic heterocycles. The van der Waals surface area contributed by atoms with Crippen LogP contribution in [0, 0.1) is 0 Å². The third-order valence-corrected chi connectivity index (χ3v) is 8.95. The third kappa shape index (κ3) is 4.41. The van der Waals surface area contributed by atoms with E-state index in [9.17, 15) is 0 Å². The van der Waals surface area contributed by atoms with Crippen molar-refractivity contribution in [2.75, 3.05) is 0 Å². The van der Waals surface area contributed by atoms with Gasteiger partial charge >= 0.3 is 0 Å². The van der Waals surface area contributed by atoms with Crippen LogP contribution in [-0.2, 0) is 0 Å². The van der Waals surface area contributed by atoms with Gasteiger partial charge in [-0.1, -0.05) is 147 Å². The summed E-state index contributed by atoms with van der Waals surface area (Å²) < 4.78 is 2.44. The van der Waals surface area contributed by atoms with Crippen molar-refractivity contribution in [3.63, 3.8) is 0 Å². The van der Waals surface area contributed by atoms with E-state index in [1.165, 1.54) is 48.5 Å². The van der Waals surface area contributed by atoms with Crippen molar-refractivity contribution in [2.24, 2.45) is 0 Å². The molecule has 0 atom stereocenters. The molecule has 7 aromatic carbocycles. The Labute approximate surface area is 262 Å². The molecule has 8 aromatic rings. The van der Waals surface area contributed by atoms with Crippen LogP contribution in [0.1, 0.15) is 5.56 Å². The molecule has 8 rings (SSSR count). The van der Waals surface area contributed by atoms with Crippen molar-refractivity contribution in [1.82, 2.24) is 4.57 Å². The lowest BCUT2D eigenvalue weighted by molar-refractivity contribution is 1.18. The van der Waals surface area contributed by atoms with Crippen LogP contribution in [0.3, 0.4) is 0 Å². The zero-order valence-electron chi connectivity index (χ0n) is 24.9. The molecule has 0 fully saturated rings. The number of nitrogens with zero attached hydrogens (tertiary/aromatic N) is 1. The molecule has 0 spiro atoms. The first-order valence-electron chi connectivity index (χ1n) is 15.3. The number of rotatable bonds is 4. The number of aromatic nitrogens is 1. The lowest BCUT2D eigenvalue weighted by atomic mass is 9.98. The standard InChI is InChI=1S/C44H31N/c1-3-13-30(4-2)33-25-27-44-42(28-33)39-19-10-8-17-37(39)36-16-7-9-18-38(36)40-20-11-12-21-43(40)45(44)34-26-24-32-23-22-31-14-5-6-15-35(31)41(32)29-34/h3-29H,1-2H2/b30-13+. The largest absolute Gasteiger partial charge is 0.309 e. The molecule has 1 heteroatoms. The summed E-state index contributed by atoms with van der Waals surface area (Å²) in [7, 11) is 0. The highest BCUT2D eigenvalue weighted by Gasteiger charge is 2.13. The molecule has 0 saturated carbocycles. The van der Waals surface area contributed by atoms with E-state index in [0.29, 0.717) is 0 Å². The van der Waals surface area contributed by atoms with Crippen LogP contribution in [-0.4, -0.2) is 4.57 Å². The van der Waals surface area contributed by atoms with E-state index in [1.54, 1.807) is 0 Å². The van der Waals surface area contributed by atoms with Gasteiger partial charge in [-0.05, 0) is 84.6 Å². The third-order valence-electron chi connectivity index (χ3n) is 8.95. The van der Waals surface area contributed by atoms with Crippen molar-refractivity contribution in [3.05, 3.63) is 183 Å². The van der Waals surface area contributed by atoms with E-state index >= 15 is 0 Å². The van der Waals surface area contributed by atoms with Crippen LogP contribution in [0.2, 0.25) is 0 Å². The van der Waals surface area contributed by atoms with Crippen molar-refractivity contribution < 1.29 is 0 Å². The summed E-state index contributed by atoms with van der Waals surface area (Å²) in [5, 5.41) is 12.1. The second-order valence-electron chi connectivity index (χ2n) is 11.4. The molecule has 0 bridgehead atoms. The first-order valence-corrected chi connectivity index (χ1v) is 15.3. The molecule has 0 saturated heterocycles. The van der Waals surface area contributed by atoms with Gasteiger partial charge in [-0.2, -0.15) is 0 Å². The van der Waals surface area contributed by atoms with Gasteiger partial charge in [-0.3, -0.25) is 0 Å². The maximum atomic E-state index is 4.11. The number of hydrogen-bond acceptors (Lipinski definition) is 0. The molecule has 0 radical (unpaired) electrons. The molecule has 212 valence electrons. The Kier molecular flexibility index (Phi) is 6.51.